The van der Waals surface area contributed by atoms with Gasteiger partial charge in [0, 0.05) is 18.0 Å². The Morgan fingerprint density at radius 1 is 1.25 bits per heavy atom. The fraction of sp³-hybridized carbons (Fsp3) is 0.562. The lowest BCUT2D eigenvalue weighted by Crippen LogP contribution is -2.51. The number of rotatable bonds is 1. The molecule has 0 aliphatic carbocycles. The van der Waals surface area contributed by atoms with E-state index in [1.54, 1.807) is 12.1 Å². The van der Waals surface area contributed by atoms with Crippen LogP contribution in [0.5, 0.6) is 0 Å². The van der Waals surface area contributed by atoms with Crippen molar-refractivity contribution in [2.45, 2.75) is 57.7 Å². The average molecular weight is 278 g/mol. The van der Waals surface area contributed by atoms with Crippen LogP contribution in [-0.4, -0.2) is 22.4 Å². The van der Waals surface area contributed by atoms with Gasteiger partial charge in [0.1, 0.15) is 5.82 Å². The third-order valence-electron chi connectivity index (χ3n) is 3.81. The van der Waals surface area contributed by atoms with E-state index in [0.717, 1.165) is 18.4 Å². The normalized spacial score (nSPS) is 24.6. The Bertz CT molecular complexity index is 478. The number of likely N-dealkylation sites (tertiary alicyclic amines) is 1. The highest BCUT2D eigenvalue weighted by Crippen LogP contribution is 2.35. The zero-order valence-electron chi connectivity index (χ0n) is 12.4. The second-order valence-electron chi connectivity index (χ2n) is 6.49. The van der Waals surface area contributed by atoms with Gasteiger partial charge in [0.05, 0.1) is 6.04 Å². The maximum atomic E-state index is 13.1. The Labute approximate surface area is 120 Å². The molecule has 1 aliphatic rings. The molecule has 2 N–H and O–H groups in total. The van der Waals surface area contributed by atoms with Gasteiger partial charge in [0.2, 0.25) is 5.91 Å². The monoisotopic (exact) mass is 278 g/mol. The van der Waals surface area contributed by atoms with Gasteiger partial charge in [0.25, 0.3) is 0 Å². The van der Waals surface area contributed by atoms with Crippen molar-refractivity contribution in [3.63, 3.8) is 0 Å². The number of nitrogens with zero attached hydrogens (tertiary/aromatic N) is 1. The maximum Gasteiger partial charge on any atom is 0.223 e. The molecule has 1 aliphatic heterocycles. The molecule has 1 aromatic rings. The molecule has 3 nitrogen and oxygen atoms in total. The molecule has 2 atom stereocenters. The van der Waals surface area contributed by atoms with Gasteiger partial charge in [-0.2, -0.15) is 0 Å². The lowest BCUT2D eigenvalue weighted by Gasteiger charge is -2.43. The minimum absolute atomic E-state index is 0.119. The summed E-state index contributed by atoms with van der Waals surface area (Å²) in [5.74, 6) is -0.149. The van der Waals surface area contributed by atoms with Crippen molar-refractivity contribution >= 4 is 5.91 Å². The summed E-state index contributed by atoms with van der Waals surface area (Å²) in [7, 11) is 0. The summed E-state index contributed by atoms with van der Waals surface area (Å²) in [4.78, 5) is 14.3. The summed E-state index contributed by atoms with van der Waals surface area (Å²) < 4.78 is 13.1. The van der Waals surface area contributed by atoms with Crippen molar-refractivity contribution in [1.82, 2.24) is 4.90 Å². The first-order valence-corrected chi connectivity index (χ1v) is 7.14. The van der Waals surface area contributed by atoms with Gasteiger partial charge in [-0.15, -0.1) is 0 Å². The first kappa shape index (κ1) is 15.0. The smallest absolute Gasteiger partial charge is 0.223 e. The van der Waals surface area contributed by atoms with Gasteiger partial charge in [-0.05, 0) is 51.3 Å². The van der Waals surface area contributed by atoms with Crippen molar-refractivity contribution in [1.29, 1.82) is 0 Å². The van der Waals surface area contributed by atoms with Crippen LogP contribution in [0.15, 0.2) is 24.3 Å². The fourth-order valence-corrected chi connectivity index (χ4v) is 2.96. The Morgan fingerprint density at radius 2 is 1.85 bits per heavy atom. The molecule has 2 unspecified atom stereocenters. The van der Waals surface area contributed by atoms with Crippen LogP contribution < -0.4 is 5.73 Å². The van der Waals surface area contributed by atoms with E-state index in [0.29, 0.717) is 6.42 Å². The van der Waals surface area contributed by atoms with Gasteiger partial charge >= 0.3 is 0 Å². The molecular formula is C16H23FN2O. The summed E-state index contributed by atoms with van der Waals surface area (Å²) in [6, 6.07) is 6.02. The number of amides is 1. The maximum absolute atomic E-state index is 13.1. The highest BCUT2D eigenvalue weighted by atomic mass is 19.1. The number of hydrogen-bond donors (Lipinski definition) is 1. The third-order valence-corrected chi connectivity index (χ3v) is 3.81. The predicted molar refractivity (Wildman–Crippen MR) is 77.6 cm³/mol. The summed E-state index contributed by atoms with van der Waals surface area (Å²) in [5, 5.41) is 0. The number of hydrogen-bond acceptors (Lipinski definition) is 2. The van der Waals surface area contributed by atoms with E-state index in [4.69, 9.17) is 5.73 Å². The van der Waals surface area contributed by atoms with E-state index in [9.17, 15) is 9.18 Å². The zero-order chi connectivity index (χ0) is 14.9. The molecule has 4 heteroatoms. The second-order valence-corrected chi connectivity index (χ2v) is 6.49. The van der Waals surface area contributed by atoms with Crippen LogP contribution in [0.3, 0.4) is 0 Å². The van der Waals surface area contributed by atoms with Crippen LogP contribution in [0.2, 0.25) is 0 Å². The second kappa shape index (κ2) is 5.52. The molecule has 1 amide bonds. The SMILES string of the molecule is CC(C)(C)N1C(=O)CCCC(N)C1c1ccc(F)cc1. The van der Waals surface area contributed by atoms with E-state index in [1.807, 2.05) is 25.7 Å². The Balaban J connectivity index is 2.46. The minimum Gasteiger partial charge on any atom is -0.329 e. The van der Waals surface area contributed by atoms with E-state index in [1.165, 1.54) is 12.1 Å². The lowest BCUT2D eigenvalue weighted by molar-refractivity contribution is -0.139. The summed E-state index contributed by atoms with van der Waals surface area (Å²) in [5.41, 5.74) is 6.91. The zero-order valence-corrected chi connectivity index (χ0v) is 12.4. The van der Waals surface area contributed by atoms with Gasteiger partial charge in [0.15, 0.2) is 0 Å². The summed E-state index contributed by atoms with van der Waals surface area (Å²) >= 11 is 0. The van der Waals surface area contributed by atoms with E-state index in [-0.39, 0.29) is 29.3 Å². The topological polar surface area (TPSA) is 46.3 Å². The standard InChI is InChI=1S/C16H23FN2O/c1-16(2,3)19-14(20)6-4-5-13(18)15(19)11-7-9-12(17)10-8-11/h7-10,13,15H,4-6,18H2,1-3H3. The van der Waals surface area contributed by atoms with Crippen molar-refractivity contribution in [3.05, 3.63) is 35.6 Å². The quantitative estimate of drug-likeness (QED) is 0.858. The van der Waals surface area contributed by atoms with E-state index in [2.05, 4.69) is 0 Å². The molecule has 0 radical (unpaired) electrons. The van der Waals surface area contributed by atoms with E-state index < -0.39 is 0 Å². The van der Waals surface area contributed by atoms with Gasteiger partial charge in [-0.1, -0.05) is 12.1 Å². The molecule has 0 saturated carbocycles. The van der Waals surface area contributed by atoms with Gasteiger partial charge in [-0.25, -0.2) is 4.39 Å². The molecule has 20 heavy (non-hydrogen) atoms. The first-order valence-electron chi connectivity index (χ1n) is 7.14. The number of halogens is 1. The van der Waals surface area contributed by atoms with Crippen LogP contribution in [0.4, 0.5) is 4.39 Å². The first-order chi connectivity index (χ1) is 9.30. The number of nitrogens with two attached hydrogens (primary N) is 1. The van der Waals surface area contributed by atoms with Crippen LogP contribution >= 0.6 is 0 Å². The highest BCUT2D eigenvalue weighted by Gasteiger charge is 2.38. The molecular weight excluding hydrogens is 255 g/mol. The lowest BCUT2D eigenvalue weighted by atomic mass is 9.92. The molecule has 0 spiro atoms. The largest absolute Gasteiger partial charge is 0.329 e. The Kier molecular flexibility index (Phi) is 4.14. The number of carbonyl (C=O) groups excluding carboxylic acids is 1. The molecule has 1 aromatic carbocycles. The van der Waals surface area contributed by atoms with Crippen LogP contribution in [0.25, 0.3) is 0 Å². The molecule has 0 aromatic heterocycles. The highest BCUT2D eigenvalue weighted by molar-refractivity contribution is 5.78. The van der Waals surface area contributed by atoms with Crippen LogP contribution in [0.1, 0.15) is 51.6 Å². The van der Waals surface area contributed by atoms with Gasteiger partial charge in [-0.3, -0.25) is 4.79 Å². The number of carbonyl (C=O) groups is 1. The van der Waals surface area contributed by atoms with Crippen molar-refractivity contribution in [2.24, 2.45) is 5.73 Å². The fourth-order valence-electron chi connectivity index (χ4n) is 2.96. The van der Waals surface area contributed by atoms with Crippen molar-refractivity contribution in [2.75, 3.05) is 0 Å². The molecule has 1 fully saturated rings. The molecule has 0 bridgehead atoms. The molecule has 2 rings (SSSR count). The predicted octanol–water partition coefficient (Wildman–Crippen LogP) is 3.01. The van der Waals surface area contributed by atoms with Crippen LogP contribution in [-0.2, 0) is 4.79 Å². The minimum atomic E-state index is -0.307. The van der Waals surface area contributed by atoms with Crippen molar-refractivity contribution in [3.8, 4) is 0 Å². The average Bonchev–Trinajstić information content (AvgIpc) is 2.49. The molecule has 110 valence electrons. The Hall–Kier alpha value is -1.42. The van der Waals surface area contributed by atoms with Gasteiger partial charge < -0.3 is 10.6 Å². The summed E-state index contributed by atoms with van der Waals surface area (Å²) in [6.07, 6.45) is 2.15. The van der Waals surface area contributed by atoms with E-state index >= 15 is 0 Å². The van der Waals surface area contributed by atoms with Crippen molar-refractivity contribution < 1.29 is 9.18 Å². The third kappa shape index (κ3) is 3.01. The summed E-state index contributed by atoms with van der Waals surface area (Å²) in [6.45, 7) is 6.04. The Morgan fingerprint density at radius 3 is 2.40 bits per heavy atom. The van der Waals surface area contributed by atoms with Crippen LogP contribution in [0, 0.1) is 5.82 Å². The number of benzene rings is 1. The molecule has 1 saturated heterocycles. The molecule has 1 heterocycles.